The van der Waals surface area contributed by atoms with E-state index >= 15 is 0 Å². The first-order valence-electron chi connectivity index (χ1n) is 7.81. The van der Waals surface area contributed by atoms with E-state index in [1.165, 1.54) is 11.1 Å². The summed E-state index contributed by atoms with van der Waals surface area (Å²) in [4.78, 5) is 14.4. The highest BCUT2D eigenvalue weighted by atomic mass is 16.2. The number of nitrogens with two attached hydrogens (primary N) is 1. The quantitative estimate of drug-likeness (QED) is 0.881. The van der Waals surface area contributed by atoms with Gasteiger partial charge in [0, 0.05) is 25.2 Å². The van der Waals surface area contributed by atoms with E-state index in [4.69, 9.17) is 5.73 Å². The standard InChI is InChI=1S/C19H22N2O/c1-21(17-12-15-7-2-3-8-16(15)13-17)19(22)11-10-14-6-4-5-9-18(14)20/h2-9,17H,10-13,20H2,1H3. The van der Waals surface area contributed by atoms with Crippen LogP contribution >= 0.6 is 0 Å². The molecule has 2 aromatic rings. The number of aryl methyl sites for hydroxylation is 1. The summed E-state index contributed by atoms with van der Waals surface area (Å²) in [6, 6.07) is 16.5. The molecule has 0 saturated heterocycles. The highest BCUT2D eigenvalue weighted by molar-refractivity contribution is 5.77. The Kier molecular flexibility index (Phi) is 4.14. The molecular formula is C19H22N2O. The highest BCUT2D eigenvalue weighted by Gasteiger charge is 2.26. The van der Waals surface area contributed by atoms with Crippen LogP contribution in [0.25, 0.3) is 0 Å². The fraction of sp³-hybridized carbons (Fsp3) is 0.316. The first kappa shape index (κ1) is 14.6. The maximum Gasteiger partial charge on any atom is 0.222 e. The number of fused-ring (bicyclic) bond motifs is 1. The van der Waals surface area contributed by atoms with Crippen molar-refractivity contribution in [3.63, 3.8) is 0 Å². The number of nitrogen functional groups attached to an aromatic ring is 1. The van der Waals surface area contributed by atoms with Gasteiger partial charge in [-0.05, 0) is 42.0 Å². The number of carbonyl (C=O) groups is 1. The predicted octanol–water partition coefficient (Wildman–Crippen LogP) is 2.83. The molecule has 0 unspecified atom stereocenters. The molecule has 0 aromatic heterocycles. The van der Waals surface area contributed by atoms with Gasteiger partial charge in [0.05, 0.1) is 0 Å². The number of amides is 1. The summed E-state index contributed by atoms with van der Waals surface area (Å²) in [7, 11) is 1.92. The minimum atomic E-state index is 0.195. The molecule has 22 heavy (non-hydrogen) atoms. The summed E-state index contributed by atoms with van der Waals surface area (Å²) >= 11 is 0. The van der Waals surface area contributed by atoms with Gasteiger partial charge in [0.1, 0.15) is 0 Å². The molecule has 1 amide bonds. The van der Waals surface area contributed by atoms with Crippen LogP contribution in [0.2, 0.25) is 0 Å². The SMILES string of the molecule is CN(C(=O)CCc1ccccc1N)C1Cc2ccccc2C1. The van der Waals surface area contributed by atoms with Crippen LogP contribution in [0.5, 0.6) is 0 Å². The van der Waals surface area contributed by atoms with Crippen LogP contribution in [0.15, 0.2) is 48.5 Å². The van der Waals surface area contributed by atoms with Crippen LogP contribution < -0.4 is 5.73 Å². The minimum absolute atomic E-state index is 0.195. The van der Waals surface area contributed by atoms with Crippen LogP contribution in [0, 0.1) is 0 Å². The number of para-hydroxylation sites is 1. The third kappa shape index (κ3) is 2.98. The van der Waals surface area contributed by atoms with Crippen molar-refractivity contribution in [1.82, 2.24) is 4.90 Å². The number of likely N-dealkylation sites (N-methyl/N-ethyl adjacent to an activating group) is 1. The molecule has 3 rings (SSSR count). The molecule has 3 nitrogen and oxygen atoms in total. The Balaban J connectivity index is 1.58. The molecule has 0 aliphatic heterocycles. The van der Waals surface area contributed by atoms with Gasteiger partial charge in [0.15, 0.2) is 0 Å². The summed E-state index contributed by atoms with van der Waals surface area (Å²) in [5, 5.41) is 0. The fourth-order valence-corrected chi connectivity index (χ4v) is 3.19. The number of nitrogens with zero attached hydrogens (tertiary/aromatic N) is 1. The van der Waals surface area contributed by atoms with Gasteiger partial charge in [0.25, 0.3) is 0 Å². The zero-order chi connectivity index (χ0) is 15.5. The zero-order valence-corrected chi connectivity index (χ0v) is 13.0. The summed E-state index contributed by atoms with van der Waals surface area (Å²) in [5.74, 6) is 0.195. The van der Waals surface area contributed by atoms with Gasteiger partial charge >= 0.3 is 0 Å². The van der Waals surface area contributed by atoms with Gasteiger partial charge in [-0.1, -0.05) is 42.5 Å². The summed E-state index contributed by atoms with van der Waals surface area (Å²) < 4.78 is 0. The molecule has 0 bridgehead atoms. The fourth-order valence-electron chi connectivity index (χ4n) is 3.19. The first-order chi connectivity index (χ1) is 10.6. The molecule has 0 saturated carbocycles. The topological polar surface area (TPSA) is 46.3 Å². The number of benzene rings is 2. The van der Waals surface area contributed by atoms with E-state index < -0.39 is 0 Å². The van der Waals surface area contributed by atoms with Crippen molar-refractivity contribution < 1.29 is 4.79 Å². The lowest BCUT2D eigenvalue weighted by atomic mass is 10.1. The number of rotatable bonds is 4. The summed E-state index contributed by atoms with van der Waals surface area (Å²) in [6.45, 7) is 0. The third-order valence-electron chi connectivity index (χ3n) is 4.63. The maximum absolute atomic E-state index is 12.5. The van der Waals surface area contributed by atoms with Crippen LogP contribution in [0.1, 0.15) is 23.1 Å². The number of hydrogen-bond acceptors (Lipinski definition) is 2. The lowest BCUT2D eigenvalue weighted by molar-refractivity contribution is -0.131. The van der Waals surface area contributed by atoms with Crippen molar-refractivity contribution in [2.24, 2.45) is 0 Å². The van der Waals surface area contributed by atoms with E-state index in [9.17, 15) is 4.79 Å². The molecular weight excluding hydrogens is 272 g/mol. The lowest BCUT2D eigenvalue weighted by Gasteiger charge is -2.24. The lowest BCUT2D eigenvalue weighted by Crippen LogP contribution is -2.37. The second-order valence-corrected chi connectivity index (χ2v) is 6.03. The average molecular weight is 294 g/mol. The molecule has 0 radical (unpaired) electrons. The molecule has 0 fully saturated rings. The van der Waals surface area contributed by atoms with E-state index in [1.807, 2.05) is 36.2 Å². The van der Waals surface area contributed by atoms with Crippen LogP contribution in [0.4, 0.5) is 5.69 Å². The number of carbonyl (C=O) groups excluding carboxylic acids is 1. The number of anilines is 1. The van der Waals surface area contributed by atoms with Crippen LogP contribution in [-0.2, 0) is 24.1 Å². The van der Waals surface area contributed by atoms with Crippen molar-refractivity contribution in [3.05, 3.63) is 65.2 Å². The van der Waals surface area contributed by atoms with Crippen molar-refractivity contribution in [3.8, 4) is 0 Å². The van der Waals surface area contributed by atoms with Crippen molar-refractivity contribution in [1.29, 1.82) is 0 Å². The Labute approximate surface area is 131 Å². The van der Waals surface area contributed by atoms with E-state index in [-0.39, 0.29) is 11.9 Å². The Hall–Kier alpha value is -2.29. The van der Waals surface area contributed by atoms with Crippen LogP contribution in [0.3, 0.4) is 0 Å². The molecule has 114 valence electrons. The molecule has 2 N–H and O–H groups in total. The summed E-state index contributed by atoms with van der Waals surface area (Å²) in [5.41, 5.74) is 10.5. The van der Waals surface area contributed by atoms with E-state index in [1.54, 1.807) is 0 Å². The second-order valence-electron chi connectivity index (χ2n) is 6.03. The Morgan fingerprint density at radius 2 is 1.68 bits per heavy atom. The van der Waals surface area contributed by atoms with Gasteiger partial charge in [0.2, 0.25) is 5.91 Å². The smallest absolute Gasteiger partial charge is 0.222 e. The van der Waals surface area contributed by atoms with Gasteiger partial charge in [-0.2, -0.15) is 0 Å². The first-order valence-corrected chi connectivity index (χ1v) is 7.81. The van der Waals surface area contributed by atoms with Crippen LogP contribution in [-0.4, -0.2) is 23.9 Å². The minimum Gasteiger partial charge on any atom is -0.399 e. The van der Waals surface area contributed by atoms with Crippen molar-refractivity contribution in [2.45, 2.75) is 31.7 Å². The maximum atomic E-state index is 12.5. The van der Waals surface area contributed by atoms with E-state index in [2.05, 4.69) is 24.3 Å². The Bertz CT molecular complexity index is 656. The third-order valence-corrected chi connectivity index (χ3v) is 4.63. The monoisotopic (exact) mass is 294 g/mol. The van der Waals surface area contributed by atoms with Crippen molar-refractivity contribution in [2.75, 3.05) is 12.8 Å². The molecule has 2 aromatic carbocycles. The predicted molar refractivity (Wildman–Crippen MR) is 89.6 cm³/mol. The molecule has 1 aliphatic carbocycles. The van der Waals surface area contributed by atoms with Gasteiger partial charge in [-0.25, -0.2) is 0 Å². The Morgan fingerprint density at radius 1 is 1.09 bits per heavy atom. The molecule has 0 spiro atoms. The molecule has 0 heterocycles. The second kappa shape index (κ2) is 6.22. The van der Waals surface area contributed by atoms with E-state index in [0.717, 1.165) is 24.1 Å². The Morgan fingerprint density at radius 3 is 2.32 bits per heavy atom. The van der Waals surface area contributed by atoms with Gasteiger partial charge < -0.3 is 10.6 Å². The molecule has 3 heteroatoms. The largest absolute Gasteiger partial charge is 0.399 e. The number of hydrogen-bond donors (Lipinski definition) is 1. The zero-order valence-electron chi connectivity index (χ0n) is 13.0. The van der Waals surface area contributed by atoms with E-state index in [0.29, 0.717) is 12.8 Å². The van der Waals surface area contributed by atoms with Gasteiger partial charge in [-0.3, -0.25) is 4.79 Å². The normalized spacial score (nSPS) is 13.9. The molecule has 0 atom stereocenters. The summed E-state index contributed by atoms with van der Waals surface area (Å²) in [6.07, 6.45) is 3.14. The highest BCUT2D eigenvalue weighted by Crippen LogP contribution is 2.25. The van der Waals surface area contributed by atoms with Gasteiger partial charge in [-0.15, -0.1) is 0 Å². The van der Waals surface area contributed by atoms with Crippen molar-refractivity contribution >= 4 is 11.6 Å². The molecule has 1 aliphatic rings. The average Bonchev–Trinajstić information content (AvgIpc) is 2.97.